The Hall–Kier alpha value is -0.940. The van der Waals surface area contributed by atoms with Crippen molar-refractivity contribution < 1.29 is 9.53 Å². The van der Waals surface area contributed by atoms with E-state index >= 15 is 0 Å². The minimum atomic E-state index is -0.477. The number of aromatic nitrogens is 1. The second-order valence-electron chi connectivity index (χ2n) is 3.19. The molecule has 0 aliphatic rings. The highest BCUT2D eigenvalue weighted by molar-refractivity contribution is 9.10. The highest BCUT2D eigenvalue weighted by Gasteiger charge is 2.13. The van der Waals surface area contributed by atoms with Gasteiger partial charge in [0.25, 0.3) is 5.91 Å². The lowest BCUT2D eigenvalue weighted by atomic mass is 10.3. The van der Waals surface area contributed by atoms with Gasteiger partial charge in [0.05, 0.1) is 0 Å². The molecule has 1 unspecified atom stereocenters. The topological polar surface area (TPSA) is 51.2 Å². The van der Waals surface area contributed by atoms with Gasteiger partial charge in [-0.1, -0.05) is 0 Å². The predicted molar refractivity (Wildman–Crippen MR) is 61.8 cm³/mol. The lowest BCUT2D eigenvalue weighted by molar-refractivity contribution is -0.124. The maximum atomic E-state index is 11.5. The number of rotatable bonds is 3. The van der Waals surface area contributed by atoms with E-state index in [1.54, 1.807) is 13.1 Å². The Morgan fingerprint density at radius 1 is 1.67 bits per heavy atom. The average Bonchev–Trinajstić information content (AvgIpc) is 2.20. The Labute approximate surface area is 97.2 Å². The molecule has 1 aromatic rings. The van der Waals surface area contributed by atoms with E-state index in [0.717, 1.165) is 10.0 Å². The second-order valence-corrected chi connectivity index (χ2v) is 4.10. The SMILES string of the molecule is COC(C)C(=O)Nc1ncc(Br)cc1C. The van der Waals surface area contributed by atoms with Gasteiger partial charge in [-0.3, -0.25) is 4.79 Å². The number of methoxy groups -OCH3 is 1. The van der Waals surface area contributed by atoms with E-state index in [1.807, 2.05) is 13.0 Å². The summed E-state index contributed by atoms with van der Waals surface area (Å²) in [4.78, 5) is 15.6. The number of carbonyl (C=O) groups is 1. The summed E-state index contributed by atoms with van der Waals surface area (Å²) < 4.78 is 5.79. The number of nitrogens with zero attached hydrogens (tertiary/aromatic N) is 1. The number of pyridine rings is 1. The molecule has 0 saturated carbocycles. The quantitative estimate of drug-likeness (QED) is 0.917. The summed E-state index contributed by atoms with van der Waals surface area (Å²) in [6.45, 7) is 3.56. The van der Waals surface area contributed by atoms with Crippen molar-refractivity contribution in [2.45, 2.75) is 20.0 Å². The lowest BCUT2D eigenvalue weighted by Gasteiger charge is -2.11. The van der Waals surface area contributed by atoms with Crippen molar-refractivity contribution in [3.05, 3.63) is 22.3 Å². The molecule has 0 aromatic carbocycles. The Morgan fingerprint density at radius 2 is 2.33 bits per heavy atom. The summed E-state index contributed by atoms with van der Waals surface area (Å²) >= 11 is 3.31. The first kappa shape index (κ1) is 12.1. The minimum Gasteiger partial charge on any atom is -0.372 e. The first-order valence-corrected chi connectivity index (χ1v) is 5.29. The van der Waals surface area contributed by atoms with Crippen LogP contribution in [0, 0.1) is 6.92 Å². The number of hydrogen-bond acceptors (Lipinski definition) is 3. The maximum absolute atomic E-state index is 11.5. The third-order valence-corrected chi connectivity index (χ3v) is 2.44. The summed E-state index contributed by atoms with van der Waals surface area (Å²) in [6.07, 6.45) is 1.16. The van der Waals surface area contributed by atoms with Crippen LogP contribution in [0.1, 0.15) is 12.5 Å². The van der Waals surface area contributed by atoms with Crippen molar-refractivity contribution in [1.29, 1.82) is 0 Å². The van der Waals surface area contributed by atoms with Crippen LogP contribution in [-0.4, -0.2) is 24.1 Å². The van der Waals surface area contributed by atoms with E-state index in [1.165, 1.54) is 7.11 Å². The maximum Gasteiger partial charge on any atom is 0.254 e. The first-order valence-electron chi connectivity index (χ1n) is 4.50. The summed E-state index contributed by atoms with van der Waals surface area (Å²) in [5, 5.41) is 2.69. The van der Waals surface area contributed by atoms with Crippen LogP contribution in [-0.2, 0) is 9.53 Å². The molecular formula is C10H13BrN2O2. The van der Waals surface area contributed by atoms with Gasteiger partial charge in [-0.25, -0.2) is 4.98 Å². The number of nitrogens with one attached hydrogen (secondary N) is 1. The zero-order chi connectivity index (χ0) is 11.4. The molecule has 0 bridgehead atoms. The monoisotopic (exact) mass is 272 g/mol. The van der Waals surface area contributed by atoms with E-state index in [0.29, 0.717) is 5.82 Å². The van der Waals surface area contributed by atoms with Gasteiger partial charge in [-0.15, -0.1) is 0 Å². The van der Waals surface area contributed by atoms with E-state index in [9.17, 15) is 4.79 Å². The van der Waals surface area contributed by atoms with Gasteiger partial charge in [-0.05, 0) is 41.4 Å². The number of amides is 1. The molecule has 1 heterocycles. The molecule has 1 amide bonds. The molecule has 4 nitrogen and oxygen atoms in total. The molecule has 1 aromatic heterocycles. The molecule has 0 radical (unpaired) electrons. The van der Waals surface area contributed by atoms with Crippen molar-refractivity contribution in [3.8, 4) is 0 Å². The van der Waals surface area contributed by atoms with E-state index in [4.69, 9.17) is 4.74 Å². The van der Waals surface area contributed by atoms with Crippen molar-refractivity contribution >= 4 is 27.7 Å². The number of ether oxygens (including phenoxy) is 1. The Balaban J connectivity index is 2.77. The molecule has 0 aliphatic carbocycles. The van der Waals surface area contributed by atoms with Gasteiger partial charge in [0.15, 0.2) is 0 Å². The van der Waals surface area contributed by atoms with Gasteiger partial charge in [-0.2, -0.15) is 0 Å². The fraction of sp³-hybridized carbons (Fsp3) is 0.400. The van der Waals surface area contributed by atoms with E-state index < -0.39 is 6.10 Å². The number of anilines is 1. The van der Waals surface area contributed by atoms with E-state index in [-0.39, 0.29) is 5.91 Å². The fourth-order valence-corrected chi connectivity index (χ4v) is 1.44. The van der Waals surface area contributed by atoms with Crippen LogP contribution in [0.4, 0.5) is 5.82 Å². The van der Waals surface area contributed by atoms with Crippen LogP contribution < -0.4 is 5.32 Å². The van der Waals surface area contributed by atoms with Gasteiger partial charge in [0.2, 0.25) is 0 Å². The summed E-state index contributed by atoms with van der Waals surface area (Å²) in [5.74, 6) is 0.363. The second kappa shape index (κ2) is 5.23. The van der Waals surface area contributed by atoms with E-state index in [2.05, 4.69) is 26.2 Å². The number of carbonyl (C=O) groups excluding carboxylic acids is 1. The summed E-state index contributed by atoms with van der Waals surface area (Å²) in [5.41, 5.74) is 0.904. The zero-order valence-corrected chi connectivity index (χ0v) is 10.5. The fourth-order valence-electron chi connectivity index (χ4n) is 0.997. The van der Waals surface area contributed by atoms with Crippen LogP contribution in [0.5, 0.6) is 0 Å². The molecule has 0 spiro atoms. The number of aryl methyl sites for hydroxylation is 1. The Morgan fingerprint density at radius 3 is 2.87 bits per heavy atom. The summed E-state index contributed by atoms with van der Waals surface area (Å²) in [7, 11) is 1.49. The van der Waals surface area contributed by atoms with Crippen LogP contribution in [0.15, 0.2) is 16.7 Å². The standard InChI is InChI=1S/C10H13BrN2O2/c1-6-4-8(11)5-12-9(6)13-10(14)7(2)15-3/h4-5,7H,1-3H3,(H,12,13,14). The molecule has 82 valence electrons. The Kier molecular flexibility index (Phi) is 4.23. The van der Waals surface area contributed by atoms with Crippen LogP contribution >= 0.6 is 15.9 Å². The van der Waals surface area contributed by atoms with Gasteiger partial charge in [0, 0.05) is 17.8 Å². The normalized spacial score (nSPS) is 12.3. The highest BCUT2D eigenvalue weighted by Crippen LogP contribution is 2.16. The smallest absolute Gasteiger partial charge is 0.254 e. The molecule has 1 rings (SSSR count). The lowest BCUT2D eigenvalue weighted by Crippen LogP contribution is -2.27. The molecular weight excluding hydrogens is 260 g/mol. The molecule has 0 aliphatic heterocycles. The molecule has 5 heteroatoms. The van der Waals surface area contributed by atoms with Gasteiger partial charge < -0.3 is 10.1 Å². The van der Waals surface area contributed by atoms with Crippen LogP contribution in [0.3, 0.4) is 0 Å². The van der Waals surface area contributed by atoms with Crippen molar-refractivity contribution in [2.24, 2.45) is 0 Å². The molecule has 1 N–H and O–H groups in total. The van der Waals surface area contributed by atoms with Crippen molar-refractivity contribution in [2.75, 3.05) is 12.4 Å². The molecule has 1 atom stereocenters. The minimum absolute atomic E-state index is 0.199. The third-order valence-electron chi connectivity index (χ3n) is 2.01. The highest BCUT2D eigenvalue weighted by atomic mass is 79.9. The molecule has 15 heavy (non-hydrogen) atoms. The van der Waals surface area contributed by atoms with Gasteiger partial charge in [0.1, 0.15) is 11.9 Å². The number of halogens is 1. The Bertz CT molecular complexity index is 368. The van der Waals surface area contributed by atoms with Crippen LogP contribution in [0.2, 0.25) is 0 Å². The molecule has 0 saturated heterocycles. The van der Waals surface area contributed by atoms with Crippen LogP contribution in [0.25, 0.3) is 0 Å². The molecule has 0 fully saturated rings. The first-order chi connectivity index (χ1) is 7.04. The number of hydrogen-bond donors (Lipinski definition) is 1. The summed E-state index contributed by atoms with van der Waals surface area (Å²) in [6, 6.07) is 1.89. The van der Waals surface area contributed by atoms with Gasteiger partial charge >= 0.3 is 0 Å². The van der Waals surface area contributed by atoms with Crippen molar-refractivity contribution in [3.63, 3.8) is 0 Å². The third kappa shape index (κ3) is 3.28. The predicted octanol–water partition coefficient (Wildman–Crippen LogP) is 2.13. The largest absolute Gasteiger partial charge is 0.372 e. The zero-order valence-electron chi connectivity index (χ0n) is 8.87. The average molecular weight is 273 g/mol. The van der Waals surface area contributed by atoms with Crippen molar-refractivity contribution in [1.82, 2.24) is 4.98 Å².